The van der Waals surface area contributed by atoms with Crippen molar-refractivity contribution in [1.82, 2.24) is 0 Å². The average molecular weight is 220 g/mol. The Hall–Kier alpha value is -2.04. The zero-order chi connectivity index (χ0) is 11.4. The van der Waals surface area contributed by atoms with E-state index in [2.05, 4.69) is 0 Å². The lowest BCUT2D eigenvalue weighted by Gasteiger charge is -2.05. The summed E-state index contributed by atoms with van der Waals surface area (Å²) in [6.45, 7) is 3.45. The van der Waals surface area contributed by atoms with Gasteiger partial charge in [-0.3, -0.25) is 4.79 Å². The largest absolute Gasteiger partial charge is 0.448 e. The predicted molar refractivity (Wildman–Crippen MR) is 52.8 cm³/mol. The van der Waals surface area contributed by atoms with Crippen molar-refractivity contribution in [3.63, 3.8) is 0 Å². The lowest BCUT2D eigenvalue weighted by molar-refractivity contribution is -0.137. The van der Waals surface area contributed by atoms with Crippen LogP contribution in [0, 0.1) is 5.92 Å². The van der Waals surface area contributed by atoms with Gasteiger partial charge in [0.1, 0.15) is 5.56 Å². The molecule has 3 heterocycles. The van der Waals surface area contributed by atoms with Crippen molar-refractivity contribution in [3.8, 4) is 11.5 Å². The van der Waals surface area contributed by atoms with Gasteiger partial charge in [-0.2, -0.15) is 0 Å². The molecule has 2 aromatic rings. The van der Waals surface area contributed by atoms with Gasteiger partial charge in [-0.25, -0.2) is 4.79 Å². The van der Waals surface area contributed by atoms with Crippen molar-refractivity contribution < 1.29 is 23.5 Å². The summed E-state index contributed by atoms with van der Waals surface area (Å²) in [5.74, 6) is -0.659. The first-order valence-corrected chi connectivity index (χ1v) is 4.90. The van der Waals surface area contributed by atoms with Crippen LogP contribution in [0.3, 0.4) is 0 Å². The fourth-order valence-electron chi connectivity index (χ4n) is 1.59. The van der Waals surface area contributed by atoms with Gasteiger partial charge in [0.05, 0.1) is 5.92 Å². The number of carbonyl (C=O) groups excluding carboxylic acids is 2. The molecule has 0 saturated heterocycles. The maximum absolute atomic E-state index is 11.4. The van der Waals surface area contributed by atoms with Crippen LogP contribution in [0.15, 0.2) is 10.5 Å². The molecule has 0 unspecified atom stereocenters. The van der Waals surface area contributed by atoms with Crippen molar-refractivity contribution in [2.24, 2.45) is 5.92 Å². The number of benzene rings is 1. The molecule has 1 aliphatic heterocycles. The van der Waals surface area contributed by atoms with Gasteiger partial charge in [0, 0.05) is 6.07 Å². The van der Waals surface area contributed by atoms with Crippen molar-refractivity contribution >= 4 is 23.1 Å². The van der Waals surface area contributed by atoms with E-state index in [1.54, 1.807) is 13.8 Å². The number of ether oxygens (including phenoxy) is 2. The highest BCUT2D eigenvalue weighted by atomic mass is 16.6. The standard InChI is InChI=1S/C11H8O5/c1-4(2)10(12)15-8-6-3-5-7(14-6)9(8)16-11(5)13/h3-4H,1-2H3. The topological polar surface area (TPSA) is 65.7 Å². The van der Waals surface area contributed by atoms with Gasteiger partial charge < -0.3 is 13.9 Å². The Balaban J connectivity index is 2.03. The molecule has 0 aliphatic carbocycles. The third-order valence-electron chi connectivity index (χ3n) is 2.46. The molecular weight excluding hydrogens is 212 g/mol. The van der Waals surface area contributed by atoms with Crippen LogP contribution < -0.4 is 9.47 Å². The molecule has 0 spiro atoms. The molecule has 2 aromatic heterocycles. The van der Waals surface area contributed by atoms with Gasteiger partial charge >= 0.3 is 11.9 Å². The summed E-state index contributed by atoms with van der Waals surface area (Å²) in [5, 5.41) is 0. The summed E-state index contributed by atoms with van der Waals surface area (Å²) in [5.41, 5.74) is 1.14. The second-order valence-electron chi connectivity index (χ2n) is 3.98. The molecule has 5 heteroatoms. The van der Waals surface area contributed by atoms with E-state index in [9.17, 15) is 9.59 Å². The Labute approximate surface area is 90.3 Å². The Bertz CT molecular complexity index is 592. The zero-order valence-corrected chi connectivity index (χ0v) is 8.70. The average Bonchev–Trinajstić information content (AvgIpc) is 2.81. The highest BCUT2D eigenvalue weighted by molar-refractivity contribution is 6.10. The first-order valence-electron chi connectivity index (χ1n) is 4.90. The molecule has 0 atom stereocenters. The Morgan fingerprint density at radius 3 is 2.88 bits per heavy atom. The molecule has 2 bridgehead atoms. The zero-order valence-electron chi connectivity index (χ0n) is 8.70. The van der Waals surface area contributed by atoms with Crippen LogP contribution in [0.1, 0.15) is 24.2 Å². The number of carbonyl (C=O) groups is 2. The van der Waals surface area contributed by atoms with Gasteiger partial charge in [0.15, 0.2) is 11.2 Å². The van der Waals surface area contributed by atoms with Crippen LogP contribution in [-0.4, -0.2) is 11.9 Å². The van der Waals surface area contributed by atoms with Gasteiger partial charge in [-0.15, -0.1) is 0 Å². The van der Waals surface area contributed by atoms with Crippen molar-refractivity contribution in [1.29, 1.82) is 0 Å². The minimum Gasteiger partial charge on any atom is -0.448 e. The summed E-state index contributed by atoms with van der Waals surface area (Å²) < 4.78 is 15.3. The third kappa shape index (κ3) is 0.997. The number of esters is 2. The molecule has 0 amide bonds. The van der Waals surface area contributed by atoms with E-state index < -0.39 is 5.97 Å². The lowest BCUT2D eigenvalue weighted by Crippen LogP contribution is -2.14. The van der Waals surface area contributed by atoms with Gasteiger partial charge in [0.25, 0.3) is 0 Å². The highest BCUT2D eigenvalue weighted by Crippen LogP contribution is 2.49. The normalized spacial score (nSPS) is 13.8. The first kappa shape index (κ1) is 9.21. The summed E-state index contributed by atoms with van der Waals surface area (Å²) >= 11 is 0. The van der Waals surface area contributed by atoms with E-state index in [1.165, 1.54) is 6.07 Å². The summed E-state index contributed by atoms with van der Waals surface area (Å²) in [4.78, 5) is 22.7. The fraction of sp³-hybridized carbons (Fsp3) is 0.273. The smallest absolute Gasteiger partial charge is 0.347 e. The molecule has 1 aliphatic rings. The molecule has 82 valence electrons. The van der Waals surface area contributed by atoms with Crippen LogP contribution in [0.5, 0.6) is 11.5 Å². The Morgan fingerprint density at radius 2 is 2.19 bits per heavy atom. The van der Waals surface area contributed by atoms with Crippen molar-refractivity contribution in [2.45, 2.75) is 13.8 Å². The SMILES string of the molecule is CC(C)C(=O)Oc1c2c3oc1cc3C(=O)O2. The number of hydrogen-bond donors (Lipinski definition) is 0. The van der Waals surface area contributed by atoms with Crippen molar-refractivity contribution in [3.05, 3.63) is 11.6 Å². The maximum Gasteiger partial charge on any atom is 0.347 e. The van der Waals surface area contributed by atoms with E-state index >= 15 is 0 Å². The Morgan fingerprint density at radius 1 is 1.44 bits per heavy atom. The number of hydrogen-bond acceptors (Lipinski definition) is 5. The number of furan rings is 2. The highest BCUT2D eigenvalue weighted by Gasteiger charge is 2.36. The van der Waals surface area contributed by atoms with Gasteiger partial charge in [-0.05, 0) is 0 Å². The fourth-order valence-corrected chi connectivity index (χ4v) is 1.59. The van der Waals surface area contributed by atoms with Crippen LogP contribution in [0.4, 0.5) is 0 Å². The molecule has 16 heavy (non-hydrogen) atoms. The van der Waals surface area contributed by atoms with Gasteiger partial charge in [0.2, 0.25) is 11.5 Å². The number of rotatable bonds is 2. The van der Waals surface area contributed by atoms with Crippen LogP contribution in [-0.2, 0) is 4.79 Å². The maximum atomic E-state index is 11.4. The molecule has 0 N–H and O–H groups in total. The van der Waals surface area contributed by atoms with E-state index in [4.69, 9.17) is 13.9 Å². The quantitative estimate of drug-likeness (QED) is 0.571. The monoisotopic (exact) mass is 220 g/mol. The molecule has 5 nitrogen and oxygen atoms in total. The second-order valence-corrected chi connectivity index (χ2v) is 3.98. The van der Waals surface area contributed by atoms with E-state index in [-0.39, 0.29) is 23.4 Å². The van der Waals surface area contributed by atoms with E-state index in [0.717, 1.165) is 0 Å². The third-order valence-corrected chi connectivity index (χ3v) is 2.46. The minimum absolute atomic E-state index is 0.211. The van der Waals surface area contributed by atoms with Gasteiger partial charge in [-0.1, -0.05) is 13.8 Å². The first-order chi connectivity index (χ1) is 7.58. The van der Waals surface area contributed by atoms with Crippen LogP contribution >= 0.6 is 0 Å². The van der Waals surface area contributed by atoms with Crippen LogP contribution in [0.25, 0.3) is 11.2 Å². The molecule has 0 saturated carbocycles. The summed E-state index contributed by atoms with van der Waals surface area (Å²) in [6, 6.07) is 1.52. The summed E-state index contributed by atoms with van der Waals surface area (Å²) in [7, 11) is 0. The second kappa shape index (κ2) is 2.75. The Kier molecular flexibility index (Phi) is 1.58. The summed E-state index contributed by atoms with van der Waals surface area (Å²) in [6.07, 6.45) is 0. The molecular formula is C11H8O5. The van der Waals surface area contributed by atoms with Crippen LogP contribution in [0.2, 0.25) is 0 Å². The minimum atomic E-state index is -0.462. The van der Waals surface area contributed by atoms with Crippen molar-refractivity contribution in [2.75, 3.05) is 0 Å². The number of fused-ring (bicyclic) bond motifs is 1. The van der Waals surface area contributed by atoms with E-state index in [0.29, 0.717) is 16.7 Å². The van der Waals surface area contributed by atoms with E-state index in [1.807, 2.05) is 0 Å². The predicted octanol–water partition coefficient (Wildman–Crippen LogP) is 1.96. The molecule has 0 aromatic carbocycles. The molecule has 0 radical (unpaired) electrons. The lowest BCUT2D eigenvalue weighted by atomic mass is 10.2. The molecule has 3 rings (SSSR count). The molecule has 0 fully saturated rings.